The van der Waals surface area contributed by atoms with Crippen LogP contribution in [0.15, 0.2) is 24.3 Å². The van der Waals surface area contributed by atoms with E-state index in [4.69, 9.17) is 5.11 Å². The number of rotatable bonds is 5. The van der Waals surface area contributed by atoms with Gasteiger partial charge in [-0.25, -0.2) is 0 Å². The molecule has 3 nitrogen and oxygen atoms in total. The number of nitrogens with one attached hydrogen (secondary N) is 2. The first-order valence-corrected chi connectivity index (χ1v) is 6.96. The van der Waals surface area contributed by atoms with Gasteiger partial charge >= 0.3 is 0 Å². The van der Waals surface area contributed by atoms with Crippen LogP contribution in [0, 0.1) is 0 Å². The van der Waals surface area contributed by atoms with Crippen molar-refractivity contribution in [2.24, 2.45) is 0 Å². The highest BCUT2D eigenvalue weighted by molar-refractivity contribution is 5.31. The molecule has 0 saturated carbocycles. The summed E-state index contributed by atoms with van der Waals surface area (Å²) in [4.78, 5) is 0. The van der Waals surface area contributed by atoms with Gasteiger partial charge in [0.2, 0.25) is 0 Å². The smallest absolute Gasteiger partial charge is 0.0431 e. The van der Waals surface area contributed by atoms with E-state index in [2.05, 4.69) is 41.8 Å². The molecule has 3 heteroatoms. The van der Waals surface area contributed by atoms with Crippen LogP contribution >= 0.6 is 0 Å². The third-order valence-corrected chi connectivity index (χ3v) is 3.64. The maximum atomic E-state index is 8.89. The Bertz CT molecular complexity index is 367. The normalized spacial score (nSPS) is 21.1. The van der Waals surface area contributed by atoms with E-state index in [-0.39, 0.29) is 6.61 Å². The van der Waals surface area contributed by atoms with Gasteiger partial charge in [-0.3, -0.25) is 0 Å². The lowest BCUT2D eigenvalue weighted by Crippen LogP contribution is -2.31. The number of aliphatic hydroxyl groups is 1. The van der Waals surface area contributed by atoms with Crippen LogP contribution in [-0.2, 0) is 6.54 Å². The lowest BCUT2D eigenvalue weighted by atomic mass is 9.98. The van der Waals surface area contributed by atoms with Gasteiger partial charge in [-0.1, -0.05) is 24.3 Å². The van der Waals surface area contributed by atoms with Gasteiger partial charge in [0.1, 0.15) is 0 Å². The molecule has 0 aromatic heterocycles. The molecule has 3 N–H and O–H groups in total. The SMILES string of the molecule is CC(CCCO)NC1CCNCc2ccccc21. The van der Waals surface area contributed by atoms with E-state index in [0.29, 0.717) is 12.1 Å². The molecule has 1 aromatic rings. The van der Waals surface area contributed by atoms with Crippen molar-refractivity contribution in [3.8, 4) is 0 Å². The molecule has 2 rings (SSSR count). The summed E-state index contributed by atoms with van der Waals surface area (Å²) in [6, 6.07) is 9.56. The van der Waals surface area contributed by atoms with Crippen LogP contribution in [0.25, 0.3) is 0 Å². The fourth-order valence-corrected chi connectivity index (χ4v) is 2.66. The lowest BCUT2D eigenvalue weighted by molar-refractivity contribution is 0.273. The first-order valence-electron chi connectivity index (χ1n) is 6.96. The van der Waals surface area contributed by atoms with Crippen LogP contribution in [0.2, 0.25) is 0 Å². The standard InChI is InChI=1S/C15H24N2O/c1-12(5-4-10-18)17-15-8-9-16-11-13-6-2-3-7-14(13)15/h2-3,6-7,12,15-18H,4-5,8-11H2,1H3. The summed E-state index contributed by atoms with van der Waals surface area (Å²) in [6.07, 6.45) is 3.03. The van der Waals surface area contributed by atoms with Gasteiger partial charge in [0.25, 0.3) is 0 Å². The highest BCUT2D eigenvalue weighted by atomic mass is 16.2. The molecule has 0 fully saturated rings. The van der Waals surface area contributed by atoms with E-state index in [1.54, 1.807) is 0 Å². The molecule has 1 heterocycles. The minimum absolute atomic E-state index is 0.287. The number of fused-ring (bicyclic) bond motifs is 1. The van der Waals surface area contributed by atoms with Crippen LogP contribution < -0.4 is 10.6 Å². The van der Waals surface area contributed by atoms with Crippen molar-refractivity contribution in [2.75, 3.05) is 13.2 Å². The molecule has 0 bridgehead atoms. The average molecular weight is 248 g/mol. The lowest BCUT2D eigenvalue weighted by Gasteiger charge is -2.23. The van der Waals surface area contributed by atoms with Crippen LogP contribution in [0.1, 0.15) is 43.4 Å². The summed E-state index contributed by atoms with van der Waals surface area (Å²) in [7, 11) is 0. The first-order chi connectivity index (χ1) is 8.81. The van der Waals surface area contributed by atoms with E-state index in [9.17, 15) is 0 Å². The van der Waals surface area contributed by atoms with Crippen LogP contribution in [0.3, 0.4) is 0 Å². The Morgan fingerprint density at radius 2 is 2.28 bits per heavy atom. The molecule has 0 amide bonds. The zero-order chi connectivity index (χ0) is 12.8. The summed E-state index contributed by atoms with van der Waals surface area (Å²) in [5.41, 5.74) is 2.83. The van der Waals surface area contributed by atoms with Crippen molar-refractivity contribution in [3.63, 3.8) is 0 Å². The van der Waals surface area contributed by atoms with Crippen molar-refractivity contribution in [1.29, 1.82) is 0 Å². The Morgan fingerprint density at radius 1 is 1.44 bits per heavy atom. The van der Waals surface area contributed by atoms with Gasteiger partial charge in [-0.15, -0.1) is 0 Å². The van der Waals surface area contributed by atoms with Crippen LogP contribution in [0.4, 0.5) is 0 Å². The molecule has 1 aromatic carbocycles. The third-order valence-electron chi connectivity index (χ3n) is 3.64. The summed E-state index contributed by atoms with van der Waals surface area (Å²) in [5, 5.41) is 16.1. The van der Waals surface area contributed by atoms with Crippen molar-refractivity contribution in [1.82, 2.24) is 10.6 Å². The molecule has 0 radical (unpaired) electrons. The van der Waals surface area contributed by atoms with Gasteiger partial charge in [-0.05, 0) is 43.9 Å². The molecular formula is C15H24N2O. The van der Waals surface area contributed by atoms with E-state index in [1.807, 2.05) is 0 Å². The van der Waals surface area contributed by atoms with E-state index >= 15 is 0 Å². The minimum atomic E-state index is 0.287. The molecule has 0 aliphatic carbocycles. The van der Waals surface area contributed by atoms with Gasteiger partial charge in [0, 0.05) is 25.2 Å². The fraction of sp³-hybridized carbons (Fsp3) is 0.600. The molecule has 1 aliphatic heterocycles. The zero-order valence-electron chi connectivity index (χ0n) is 11.2. The first kappa shape index (κ1) is 13.5. The van der Waals surface area contributed by atoms with Crippen molar-refractivity contribution < 1.29 is 5.11 Å². The van der Waals surface area contributed by atoms with Gasteiger partial charge < -0.3 is 15.7 Å². The Labute approximate surface area is 110 Å². The maximum absolute atomic E-state index is 8.89. The second kappa shape index (κ2) is 6.88. The van der Waals surface area contributed by atoms with E-state index in [0.717, 1.165) is 32.4 Å². The van der Waals surface area contributed by atoms with E-state index in [1.165, 1.54) is 11.1 Å². The summed E-state index contributed by atoms with van der Waals surface area (Å²) in [5.74, 6) is 0. The summed E-state index contributed by atoms with van der Waals surface area (Å²) >= 11 is 0. The Balaban J connectivity index is 2.03. The fourth-order valence-electron chi connectivity index (χ4n) is 2.66. The molecule has 1 aliphatic rings. The number of hydrogen-bond acceptors (Lipinski definition) is 3. The molecule has 0 saturated heterocycles. The van der Waals surface area contributed by atoms with Gasteiger partial charge in [0.15, 0.2) is 0 Å². The maximum Gasteiger partial charge on any atom is 0.0431 e. The number of benzene rings is 1. The molecule has 18 heavy (non-hydrogen) atoms. The second-order valence-electron chi connectivity index (χ2n) is 5.15. The monoisotopic (exact) mass is 248 g/mol. The number of aliphatic hydroxyl groups excluding tert-OH is 1. The molecule has 100 valence electrons. The van der Waals surface area contributed by atoms with Crippen molar-refractivity contribution in [2.45, 2.75) is 44.8 Å². The highest BCUT2D eigenvalue weighted by Crippen LogP contribution is 2.24. The van der Waals surface area contributed by atoms with Crippen molar-refractivity contribution in [3.05, 3.63) is 35.4 Å². The third kappa shape index (κ3) is 3.55. The summed E-state index contributed by atoms with van der Waals surface area (Å²) < 4.78 is 0. The second-order valence-corrected chi connectivity index (χ2v) is 5.15. The van der Waals surface area contributed by atoms with E-state index < -0.39 is 0 Å². The topological polar surface area (TPSA) is 44.3 Å². The van der Waals surface area contributed by atoms with Crippen LogP contribution in [-0.4, -0.2) is 24.3 Å². The van der Waals surface area contributed by atoms with Crippen molar-refractivity contribution >= 4 is 0 Å². The highest BCUT2D eigenvalue weighted by Gasteiger charge is 2.19. The minimum Gasteiger partial charge on any atom is -0.396 e. The Kier molecular flexibility index (Phi) is 5.17. The largest absolute Gasteiger partial charge is 0.396 e. The predicted octanol–water partition coefficient (Wildman–Crippen LogP) is 1.97. The molecular weight excluding hydrogens is 224 g/mol. The molecule has 2 atom stereocenters. The Morgan fingerprint density at radius 3 is 3.11 bits per heavy atom. The zero-order valence-corrected chi connectivity index (χ0v) is 11.2. The predicted molar refractivity (Wildman–Crippen MR) is 74.4 cm³/mol. The average Bonchev–Trinajstić information content (AvgIpc) is 2.59. The Hall–Kier alpha value is -0.900. The molecule has 2 unspecified atom stereocenters. The van der Waals surface area contributed by atoms with Gasteiger partial charge in [0.05, 0.1) is 0 Å². The summed E-state index contributed by atoms with van der Waals surface area (Å²) in [6.45, 7) is 4.52. The van der Waals surface area contributed by atoms with Crippen LogP contribution in [0.5, 0.6) is 0 Å². The molecule has 0 spiro atoms. The van der Waals surface area contributed by atoms with Gasteiger partial charge in [-0.2, -0.15) is 0 Å². The quantitative estimate of drug-likeness (QED) is 0.746. The number of hydrogen-bond donors (Lipinski definition) is 3.